The van der Waals surface area contributed by atoms with E-state index in [9.17, 15) is 4.79 Å². The Kier molecular flexibility index (Phi) is 10.9. The Labute approximate surface area is 198 Å². The van der Waals surface area contributed by atoms with Gasteiger partial charge in [-0.3, -0.25) is 14.7 Å². The Balaban J connectivity index is 0.00000320. The molecular weight excluding hydrogens is 489 g/mol. The molecule has 1 aromatic rings. The van der Waals surface area contributed by atoms with Crippen molar-refractivity contribution in [3.05, 3.63) is 35.9 Å². The number of halogens is 1. The second-order valence-corrected chi connectivity index (χ2v) is 8.25. The van der Waals surface area contributed by atoms with Crippen molar-refractivity contribution in [3.8, 4) is 0 Å². The Morgan fingerprint density at radius 3 is 2.43 bits per heavy atom. The second kappa shape index (κ2) is 13.1. The van der Waals surface area contributed by atoms with Crippen LogP contribution in [0.5, 0.6) is 0 Å². The summed E-state index contributed by atoms with van der Waals surface area (Å²) in [6.07, 6.45) is 3.42. The van der Waals surface area contributed by atoms with Crippen LogP contribution in [0.25, 0.3) is 0 Å². The summed E-state index contributed by atoms with van der Waals surface area (Å²) >= 11 is 0. The van der Waals surface area contributed by atoms with Crippen molar-refractivity contribution in [3.63, 3.8) is 0 Å². The first-order valence-electron chi connectivity index (χ1n) is 11.3. The van der Waals surface area contributed by atoms with Crippen LogP contribution in [-0.2, 0) is 4.79 Å². The van der Waals surface area contributed by atoms with Gasteiger partial charge in [-0.15, -0.1) is 24.0 Å². The van der Waals surface area contributed by atoms with Crippen LogP contribution < -0.4 is 10.6 Å². The van der Waals surface area contributed by atoms with Crippen LogP contribution in [0.15, 0.2) is 35.3 Å². The number of guanidine groups is 1. The Hall–Kier alpha value is -1.35. The number of nitrogens with zero attached hydrogens (tertiary/aromatic N) is 3. The maximum atomic E-state index is 12.4. The molecule has 3 rings (SSSR count). The van der Waals surface area contributed by atoms with Gasteiger partial charge in [0.15, 0.2) is 5.96 Å². The van der Waals surface area contributed by atoms with E-state index in [1.807, 2.05) is 6.07 Å². The molecular formula is C23H38IN5O. The molecule has 1 saturated carbocycles. The van der Waals surface area contributed by atoms with Crippen molar-refractivity contribution in [2.45, 2.75) is 39.0 Å². The SMILES string of the molecule is CCNC(=NCC(C)c1ccccc1)NCCN1CCN(C(=O)C2CCC2)CC1.I. The fourth-order valence-corrected chi connectivity index (χ4v) is 3.89. The van der Waals surface area contributed by atoms with Crippen LogP contribution in [0.3, 0.4) is 0 Å². The van der Waals surface area contributed by atoms with Crippen LogP contribution in [0.4, 0.5) is 0 Å². The largest absolute Gasteiger partial charge is 0.357 e. The molecule has 1 heterocycles. The summed E-state index contributed by atoms with van der Waals surface area (Å²) in [5.74, 6) is 1.99. The standard InChI is InChI=1S/C23H37N5O.HI/c1-3-24-23(26-18-19(2)20-8-5-4-6-9-20)25-12-13-27-14-16-28(17-15-27)22(29)21-10-7-11-21;/h4-6,8-9,19,21H,3,7,10-18H2,1-2H3,(H2,24,25,26);1H. The van der Waals surface area contributed by atoms with Gasteiger partial charge in [-0.1, -0.05) is 43.7 Å². The number of rotatable bonds is 8. The minimum atomic E-state index is 0. The Bertz CT molecular complexity index is 657. The molecule has 0 radical (unpaired) electrons. The number of nitrogens with one attached hydrogen (secondary N) is 2. The third-order valence-electron chi connectivity index (χ3n) is 6.09. The van der Waals surface area contributed by atoms with Crippen LogP contribution in [0, 0.1) is 5.92 Å². The summed E-state index contributed by atoms with van der Waals surface area (Å²) in [6.45, 7) is 11.5. The molecule has 2 fully saturated rings. The number of hydrogen-bond donors (Lipinski definition) is 2. The minimum Gasteiger partial charge on any atom is -0.357 e. The van der Waals surface area contributed by atoms with Crippen molar-refractivity contribution < 1.29 is 4.79 Å². The zero-order valence-corrected chi connectivity index (χ0v) is 20.8. The first-order chi connectivity index (χ1) is 14.2. The zero-order valence-electron chi connectivity index (χ0n) is 18.5. The maximum Gasteiger partial charge on any atom is 0.225 e. The third-order valence-corrected chi connectivity index (χ3v) is 6.09. The summed E-state index contributed by atoms with van der Waals surface area (Å²) in [5, 5.41) is 6.80. The monoisotopic (exact) mass is 527 g/mol. The lowest BCUT2D eigenvalue weighted by Gasteiger charge is -2.38. The van der Waals surface area contributed by atoms with Crippen molar-refractivity contribution in [1.29, 1.82) is 0 Å². The summed E-state index contributed by atoms with van der Waals surface area (Å²) in [5.41, 5.74) is 1.32. The van der Waals surface area contributed by atoms with Gasteiger partial charge in [0.05, 0.1) is 0 Å². The second-order valence-electron chi connectivity index (χ2n) is 8.25. The van der Waals surface area contributed by atoms with Gasteiger partial charge < -0.3 is 15.5 Å². The normalized spacial score (nSPS) is 18.9. The summed E-state index contributed by atoms with van der Waals surface area (Å²) in [6, 6.07) is 10.5. The van der Waals surface area contributed by atoms with Gasteiger partial charge in [0.25, 0.3) is 0 Å². The van der Waals surface area contributed by atoms with Gasteiger partial charge in [-0.05, 0) is 25.3 Å². The van der Waals surface area contributed by atoms with E-state index in [1.165, 1.54) is 12.0 Å². The highest BCUT2D eigenvalue weighted by atomic mass is 127. The molecule has 0 spiro atoms. The highest BCUT2D eigenvalue weighted by Gasteiger charge is 2.30. The van der Waals surface area contributed by atoms with E-state index < -0.39 is 0 Å². The number of hydrogen-bond acceptors (Lipinski definition) is 3. The van der Waals surface area contributed by atoms with E-state index >= 15 is 0 Å². The van der Waals surface area contributed by atoms with Crippen LogP contribution in [0.2, 0.25) is 0 Å². The van der Waals surface area contributed by atoms with Gasteiger partial charge in [-0.25, -0.2) is 0 Å². The molecule has 7 heteroatoms. The molecule has 0 bridgehead atoms. The van der Waals surface area contributed by atoms with E-state index in [0.717, 1.165) is 71.2 Å². The zero-order chi connectivity index (χ0) is 20.5. The fourth-order valence-electron chi connectivity index (χ4n) is 3.89. The molecule has 2 aliphatic rings. The molecule has 168 valence electrons. The smallest absolute Gasteiger partial charge is 0.225 e. The molecule has 1 aliphatic carbocycles. The van der Waals surface area contributed by atoms with Crippen molar-refractivity contribution in [2.24, 2.45) is 10.9 Å². The lowest BCUT2D eigenvalue weighted by atomic mass is 9.84. The van der Waals surface area contributed by atoms with Gasteiger partial charge >= 0.3 is 0 Å². The van der Waals surface area contributed by atoms with E-state index in [0.29, 0.717) is 17.7 Å². The highest BCUT2D eigenvalue weighted by molar-refractivity contribution is 14.0. The predicted molar refractivity (Wildman–Crippen MR) is 135 cm³/mol. The first kappa shape index (κ1) is 24.9. The molecule has 30 heavy (non-hydrogen) atoms. The van der Waals surface area contributed by atoms with Crippen LogP contribution in [-0.4, -0.2) is 74.0 Å². The molecule has 1 atom stereocenters. The molecule has 6 nitrogen and oxygen atoms in total. The molecule has 2 N–H and O–H groups in total. The summed E-state index contributed by atoms with van der Waals surface area (Å²) in [4.78, 5) is 21.6. The van der Waals surface area contributed by atoms with Gasteiger partial charge in [0.2, 0.25) is 5.91 Å². The average molecular weight is 527 g/mol. The number of benzene rings is 1. The van der Waals surface area contributed by atoms with E-state index in [1.54, 1.807) is 0 Å². The van der Waals surface area contributed by atoms with E-state index in [2.05, 4.69) is 58.5 Å². The fraction of sp³-hybridized carbons (Fsp3) is 0.652. The third kappa shape index (κ3) is 7.41. The minimum absolute atomic E-state index is 0. The van der Waals surface area contributed by atoms with Gasteiger partial charge in [-0.2, -0.15) is 0 Å². The average Bonchev–Trinajstić information content (AvgIpc) is 2.71. The van der Waals surface area contributed by atoms with Crippen LogP contribution in [0.1, 0.15) is 44.6 Å². The lowest BCUT2D eigenvalue weighted by Crippen LogP contribution is -2.52. The van der Waals surface area contributed by atoms with Crippen LogP contribution >= 0.6 is 24.0 Å². The topological polar surface area (TPSA) is 60.0 Å². The van der Waals surface area contributed by atoms with Gasteiger partial charge in [0, 0.05) is 64.2 Å². The predicted octanol–water partition coefficient (Wildman–Crippen LogP) is 2.91. The molecule has 0 aromatic heterocycles. The number of aliphatic imine (C=N–C) groups is 1. The van der Waals surface area contributed by atoms with Crippen molar-refractivity contribution >= 4 is 35.8 Å². The van der Waals surface area contributed by atoms with E-state index in [4.69, 9.17) is 4.99 Å². The maximum absolute atomic E-state index is 12.4. The molecule has 1 amide bonds. The molecule has 1 aromatic carbocycles. The number of amides is 1. The Morgan fingerprint density at radius 1 is 1.13 bits per heavy atom. The van der Waals surface area contributed by atoms with Gasteiger partial charge in [0.1, 0.15) is 0 Å². The highest BCUT2D eigenvalue weighted by Crippen LogP contribution is 2.28. The Morgan fingerprint density at radius 2 is 1.83 bits per heavy atom. The molecule has 1 unspecified atom stereocenters. The number of carbonyl (C=O) groups excluding carboxylic acids is 1. The number of carbonyl (C=O) groups is 1. The lowest BCUT2D eigenvalue weighted by molar-refractivity contribution is -0.139. The summed E-state index contributed by atoms with van der Waals surface area (Å²) in [7, 11) is 0. The van der Waals surface area contributed by atoms with E-state index in [-0.39, 0.29) is 24.0 Å². The summed E-state index contributed by atoms with van der Waals surface area (Å²) < 4.78 is 0. The molecule has 1 saturated heterocycles. The number of piperazine rings is 1. The quantitative estimate of drug-likeness (QED) is 0.310. The molecule has 1 aliphatic heterocycles. The first-order valence-corrected chi connectivity index (χ1v) is 11.3. The van der Waals surface area contributed by atoms with Crippen molar-refractivity contribution in [1.82, 2.24) is 20.4 Å². The van der Waals surface area contributed by atoms with Crippen molar-refractivity contribution in [2.75, 3.05) is 52.4 Å².